The van der Waals surface area contributed by atoms with E-state index in [2.05, 4.69) is 194 Å². The summed E-state index contributed by atoms with van der Waals surface area (Å²) in [5, 5.41) is 0. The lowest BCUT2D eigenvalue weighted by Crippen LogP contribution is -2.00. The third kappa shape index (κ3) is 6.99. The maximum atomic E-state index is 5.09. The maximum absolute atomic E-state index is 5.09. The number of benzene rings is 8. The van der Waals surface area contributed by atoms with Gasteiger partial charge in [0.1, 0.15) is 0 Å². The number of aromatic nitrogens is 3. The van der Waals surface area contributed by atoms with Crippen molar-refractivity contribution in [2.24, 2.45) is 0 Å². The van der Waals surface area contributed by atoms with Crippen LogP contribution in [0.1, 0.15) is 0 Å². The van der Waals surface area contributed by atoms with E-state index < -0.39 is 0 Å². The van der Waals surface area contributed by atoms with Crippen molar-refractivity contribution in [3.8, 4) is 89.8 Å². The normalized spacial score (nSPS) is 11.0. The summed E-state index contributed by atoms with van der Waals surface area (Å²) in [6, 6.07) is 74.1. The highest BCUT2D eigenvalue weighted by atomic mass is 15.0. The summed E-state index contributed by atoms with van der Waals surface area (Å²) < 4.78 is 0. The monoisotopic (exact) mass is 689 g/mol. The second-order valence-electron chi connectivity index (χ2n) is 13.3. The SMILES string of the molecule is c1ccc(-c2ccc(-c3ccc(-c4nc(-c5ccc(-c6ccccc6)cc5)nc(-c5cccc(-c6cccc(-c7ccccc7)c6)c5)n4)cc3)cc2)cc1. The van der Waals surface area contributed by atoms with E-state index in [1.165, 1.54) is 27.8 Å². The van der Waals surface area contributed by atoms with Gasteiger partial charge in [-0.05, 0) is 67.8 Å². The Morgan fingerprint density at radius 1 is 0.167 bits per heavy atom. The van der Waals surface area contributed by atoms with Gasteiger partial charge >= 0.3 is 0 Å². The van der Waals surface area contributed by atoms with Gasteiger partial charge in [0.15, 0.2) is 17.5 Å². The first kappa shape index (κ1) is 32.7. The third-order valence-electron chi connectivity index (χ3n) is 9.78. The molecule has 3 heteroatoms. The molecule has 0 bridgehead atoms. The fraction of sp³-hybridized carbons (Fsp3) is 0. The first-order valence-electron chi connectivity index (χ1n) is 18.2. The largest absolute Gasteiger partial charge is 0.208 e. The maximum Gasteiger partial charge on any atom is 0.164 e. The van der Waals surface area contributed by atoms with E-state index in [9.17, 15) is 0 Å². The van der Waals surface area contributed by atoms with Crippen LogP contribution in [0.2, 0.25) is 0 Å². The van der Waals surface area contributed by atoms with Crippen molar-refractivity contribution in [1.82, 2.24) is 15.0 Å². The van der Waals surface area contributed by atoms with Gasteiger partial charge in [-0.3, -0.25) is 0 Å². The number of nitrogens with zero attached hydrogens (tertiary/aromatic N) is 3. The molecule has 0 unspecified atom stereocenters. The van der Waals surface area contributed by atoms with Crippen LogP contribution in [0, 0.1) is 0 Å². The van der Waals surface area contributed by atoms with Crippen LogP contribution in [0.4, 0.5) is 0 Å². The Bertz CT molecular complexity index is 2650. The standard InChI is InChI=1S/C51H35N3/c1-4-12-36(13-5-1)39-22-24-41(25-23-39)42-28-32-44(33-29-42)50-52-49(43-30-26-40(27-31-43)37-14-6-2-7-15-37)53-51(54-50)48-21-11-20-47(35-48)46-19-10-18-45(34-46)38-16-8-3-9-17-38/h1-35H. The van der Waals surface area contributed by atoms with Gasteiger partial charge in [0.05, 0.1) is 0 Å². The molecule has 0 saturated heterocycles. The quantitative estimate of drug-likeness (QED) is 0.159. The second-order valence-corrected chi connectivity index (χ2v) is 13.3. The van der Waals surface area contributed by atoms with Crippen molar-refractivity contribution in [1.29, 1.82) is 0 Å². The van der Waals surface area contributed by atoms with Crippen molar-refractivity contribution < 1.29 is 0 Å². The minimum absolute atomic E-state index is 0.628. The van der Waals surface area contributed by atoms with E-state index in [1.807, 2.05) is 18.2 Å². The van der Waals surface area contributed by atoms with Gasteiger partial charge in [0, 0.05) is 16.7 Å². The molecule has 0 N–H and O–H groups in total. The molecule has 8 aromatic carbocycles. The Hall–Kier alpha value is -7.23. The first-order chi connectivity index (χ1) is 26.7. The number of hydrogen-bond acceptors (Lipinski definition) is 3. The van der Waals surface area contributed by atoms with Crippen LogP contribution in [0.25, 0.3) is 89.8 Å². The number of hydrogen-bond donors (Lipinski definition) is 0. The molecule has 0 amide bonds. The highest BCUT2D eigenvalue weighted by Crippen LogP contribution is 2.32. The molecule has 0 atom stereocenters. The fourth-order valence-electron chi connectivity index (χ4n) is 6.85. The topological polar surface area (TPSA) is 38.7 Å². The van der Waals surface area contributed by atoms with Gasteiger partial charge in [0.25, 0.3) is 0 Å². The molecule has 0 fully saturated rings. The van der Waals surface area contributed by atoms with Crippen LogP contribution < -0.4 is 0 Å². The lowest BCUT2D eigenvalue weighted by atomic mass is 9.98. The molecule has 0 aliphatic rings. The van der Waals surface area contributed by atoms with E-state index in [1.54, 1.807) is 0 Å². The summed E-state index contributed by atoms with van der Waals surface area (Å²) in [5.41, 5.74) is 14.4. The smallest absolute Gasteiger partial charge is 0.164 e. The van der Waals surface area contributed by atoms with Crippen molar-refractivity contribution in [3.05, 3.63) is 212 Å². The molecule has 1 aromatic heterocycles. The molecule has 9 aromatic rings. The summed E-state index contributed by atoms with van der Waals surface area (Å²) in [5.74, 6) is 1.89. The third-order valence-corrected chi connectivity index (χ3v) is 9.78. The Morgan fingerprint density at radius 3 is 0.759 bits per heavy atom. The molecule has 3 nitrogen and oxygen atoms in total. The molecule has 254 valence electrons. The highest BCUT2D eigenvalue weighted by molar-refractivity contribution is 5.78. The van der Waals surface area contributed by atoms with Crippen LogP contribution in [-0.2, 0) is 0 Å². The van der Waals surface area contributed by atoms with Crippen molar-refractivity contribution in [2.75, 3.05) is 0 Å². The zero-order valence-electron chi connectivity index (χ0n) is 29.5. The Morgan fingerprint density at radius 2 is 0.389 bits per heavy atom. The van der Waals surface area contributed by atoms with Gasteiger partial charge in [-0.25, -0.2) is 15.0 Å². The van der Waals surface area contributed by atoms with E-state index in [4.69, 9.17) is 15.0 Å². The van der Waals surface area contributed by atoms with Crippen molar-refractivity contribution in [3.63, 3.8) is 0 Å². The van der Waals surface area contributed by atoms with Gasteiger partial charge in [-0.1, -0.05) is 200 Å². The van der Waals surface area contributed by atoms with E-state index in [0.717, 1.165) is 44.5 Å². The van der Waals surface area contributed by atoms with Crippen molar-refractivity contribution >= 4 is 0 Å². The summed E-state index contributed by atoms with van der Waals surface area (Å²) in [6.45, 7) is 0. The van der Waals surface area contributed by atoms with E-state index in [0.29, 0.717) is 17.5 Å². The lowest BCUT2D eigenvalue weighted by molar-refractivity contribution is 1.07. The molecule has 54 heavy (non-hydrogen) atoms. The minimum Gasteiger partial charge on any atom is -0.208 e. The van der Waals surface area contributed by atoms with E-state index in [-0.39, 0.29) is 0 Å². The highest BCUT2D eigenvalue weighted by Gasteiger charge is 2.14. The van der Waals surface area contributed by atoms with Gasteiger partial charge in [0.2, 0.25) is 0 Å². The Kier molecular flexibility index (Phi) is 8.94. The predicted octanol–water partition coefficient (Wildman–Crippen LogP) is 13.2. The molecule has 0 radical (unpaired) electrons. The lowest BCUT2D eigenvalue weighted by Gasteiger charge is -2.11. The van der Waals surface area contributed by atoms with Crippen molar-refractivity contribution in [2.45, 2.75) is 0 Å². The molecular formula is C51H35N3. The number of rotatable bonds is 8. The average molecular weight is 690 g/mol. The Labute approximate surface area is 316 Å². The summed E-state index contributed by atoms with van der Waals surface area (Å²) in [6.07, 6.45) is 0. The zero-order valence-corrected chi connectivity index (χ0v) is 29.5. The molecule has 0 aliphatic heterocycles. The Balaban J connectivity index is 1.08. The van der Waals surface area contributed by atoms with Gasteiger partial charge in [-0.15, -0.1) is 0 Å². The van der Waals surface area contributed by atoms with E-state index >= 15 is 0 Å². The molecule has 1 heterocycles. The molecule has 9 rings (SSSR count). The summed E-state index contributed by atoms with van der Waals surface area (Å²) >= 11 is 0. The fourth-order valence-corrected chi connectivity index (χ4v) is 6.85. The van der Waals surface area contributed by atoms with Crippen LogP contribution in [-0.4, -0.2) is 15.0 Å². The van der Waals surface area contributed by atoms with Crippen LogP contribution in [0.15, 0.2) is 212 Å². The van der Waals surface area contributed by atoms with Crippen LogP contribution in [0.3, 0.4) is 0 Å². The molecular weight excluding hydrogens is 655 g/mol. The second kappa shape index (κ2) is 14.8. The van der Waals surface area contributed by atoms with Gasteiger partial charge in [-0.2, -0.15) is 0 Å². The van der Waals surface area contributed by atoms with Crippen LogP contribution >= 0.6 is 0 Å². The molecule has 0 saturated carbocycles. The molecule has 0 spiro atoms. The molecule has 0 aliphatic carbocycles. The summed E-state index contributed by atoms with van der Waals surface area (Å²) in [4.78, 5) is 15.2. The average Bonchev–Trinajstić information content (AvgIpc) is 3.27. The minimum atomic E-state index is 0.628. The summed E-state index contributed by atoms with van der Waals surface area (Å²) in [7, 11) is 0. The zero-order chi connectivity index (χ0) is 36.1. The van der Waals surface area contributed by atoms with Gasteiger partial charge < -0.3 is 0 Å². The first-order valence-corrected chi connectivity index (χ1v) is 18.2. The van der Waals surface area contributed by atoms with Crippen LogP contribution in [0.5, 0.6) is 0 Å². The predicted molar refractivity (Wildman–Crippen MR) is 223 cm³/mol.